The van der Waals surface area contributed by atoms with Crippen molar-refractivity contribution in [3.05, 3.63) is 0 Å². The minimum absolute atomic E-state index is 0.0554. The first-order valence-electron chi connectivity index (χ1n) is 7.97. The van der Waals surface area contributed by atoms with E-state index in [0.717, 1.165) is 24.7 Å². The molecule has 0 aromatic carbocycles. The first-order valence-corrected chi connectivity index (χ1v) is 7.97. The zero-order valence-corrected chi connectivity index (χ0v) is 11.7. The largest absolute Gasteiger partial charge is 0.395 e. The molecule has 2 atom stereocenters. The van der Waals surface area contributed by atoms with Gasteiger partial charge in [-0.3, -0.25) is 0 Å². The molecule has 0 unspecified atom stereocenters. The topological polar surface area (TPSA) is 52.6 Å². The number of urea groups is 1. The second-order valence-corrected chi connectivity index (χ2v) is 6.50. The van der Waals surface area contributed by atoms with Crippen LogP contribution in [0.2, 0.25) is 0 Å². The highest BCUT2D eigenvalue weighted by atomic mass is 16.3. The Kier molecular flexibility index (Phi) is 3.96. The Balaban J connectivity index is 1.45. The van der Waals surface area contributed by atoms with Gasteiger partial charge in [0.25, 0.3) is 0 Å². The molecule has 3 aliphatic carbocycles. The molecule has 3 saturated carbocycles. The van der Waals surface area contributed by atoms with Gasteiger partial charge >= 0.3 is 6.03 Å². The molecule has 3 rings (SSSR count). The molecule has 2 N–H and O–H groups in total. The van der Waals surface area contributed by atoms with Crippen molar-refractivity contribution in [1.29, 1.82) is 0 Å². The van der Waals surface area contributed by atoms with Gasteiger partial charge in [0.2, 0.25) is 0 Å². The van der Waals surface area contributed by atoms with Crippen molar-refractivity contribution in [2.24, 2.45) is 11.8 Å². The maximum Gasteiger partial charge on any atom is 0.317 e. The van der Waals surface area contributed by atoms with Crippen molar-refractivity contribution >= 4 is 6.03 Å². The zero-order chi connectivity index (χ0) is 13.2. The van der Waals surface area contributed by atoms with Crippen LogP contribution in [0.25, 0.3) is 0 Å². The Hall–Kier alpha value is -0.770. The number of nitrogens with zero attached hydrogens (tertiary/aromatic N) is 1. The third-order valence-electron chi connectivity index (χ3n) is 4.99. The lowest BCUT2D eigenvalue weighted by atomic mass is 9.85. The van der Waals surface area contributed by atoms with Crippen LogP contribution in [0.15, 0.2) is 0 Å². The average molecular weight is 266 g/mol. The van der Waals surface area contributed by atoms with Crippen LogP contribution in [-0.2, 0) is 0 Å². The fourth-order valence-electron chi connectivity index (χ4n) is 3.65. The molecule has 0 heterocycles. The number of amides is 2. The second kappa shape index (κ2) is 5.70. The van der Waals surface area contributed by atoms with Gasteiger partial charge in [-0.25, -0.2) is 4.79 Å². The maximum absolute atomic E-state index is 12.2. The van der Waals surface area contributed by atoms with Crippen LogP contribution < -0.4 is 5.32 Å². The lowest BCUT2D eigenvalue weighted by molar-refractivity contribution is 0.172. The van der Waals surface area contributed by atoms with E-state index in [2.05, 4.69) is 5.32 Å². The van der Waals surface area contributed by atoms with Crippen molar-refractivity contribution in [1.82, 2.24) is 10.2 Å². The highest BCUT2D eigenvalue weighted by Crippen LogP contribution is 2.44. The van der Waals surface area contributed by atoms with Gasteiger partial charge in [-0.2, -0.15) is 0 Å². The van der Waals surface area contributed by atoms with Crippen molar-refractivity contribution in [3.8, 4) is 0 Å². The normalized spacial score (nSPS) is 31.0. The lowest BCUT2D eigenvalue weighted by Crippen LogP contribution is -2.44. The van der Waals surface area contributed by atoms with Gasteiger partial charge in [-0.05, 0) is 31.1 Å². The van der Waals surface area contributed by atoms with E-state index in [1.165, 1.54) is 38.5 Å². The molecule has 3 fully saturated rings. The molecule has 0 aromatic rings. The molecular weight excluding hydrogens is 240 g/mol. The fourth-order valence-corrected chi connectivity index (χ4v) is 3.65. The molecule has 0 aromatic heterocycles. The van der Waals surface area contributed by atoms with Gasteiger partial charge in [0, 0.05) is 18.6 Å². The van der Waals surface area contributed by atoms with Gasteiger partial charge in [0.05, 0.1) is 6.61 Å². The molecule has 4 nitrogen and oxygen atoms in total. The Morgan fingerprint density at radius 2 is 1.89 bits per heavy atom. The lowest BCUT2D eigenvalue weighted by Gasteiger charge is -2.24. The van der Waals surface area contributed by atoms with Crippen LogP contribution in [0, 0.1) is 11.8 Å². The minimum Gasteiger partial charge on any atom is -0.395 e. The number of hydrogen-bond acceptors (Lipinski definition) is 2. The van der Waals surface area contributed by atoms with Crippen LogP contribution in [0.3, 0.4) is 0 Å². The summed E-state index contributed by atoms with van der Waals surface area (Å²) in [6.45, 7) is 0.554. The number of hydrogen-bond donors (Lipinski definition) is 2. The summed E-state index contributed by atoms with van der Waals surface area (Å²) in [5.74, 6) is 1.59. The molecule has 3 aliphatic rings. The van der Waals surface area contributed by atoms with E-state index in [0.29, 0.717) is 18.6 Å². The predicted octanol–water partition coefficient (Wildman–Crippen LogP) is 2.12. The molecule has 0 saturated heterocycles. The average Bonchev–Trinajstić information content (AvgIpc) is 3.31. The summed E-state index contributed by atoms with van der Waals surface area (Å²) in [4.78, 5) is 14.0. The predicted molar refractivity (Wildman–Crippen MR) is 73.8 cm³/mol. The molecule has 0 bridgehead atoms. The number of aliphatic hydroxyl groups is 1. The van der Waals surface area contributed by atoms with Gasteiger partial charge < -0.3 is 15.3 Å². The Bertz CT molecular complexity index is 324. The number of nitrogens with one attached hydrogen (secondary N) is 1. The standard InChI is InChI=1S/C15H26N2O2/c18-9-8-17(12-6-7-12)15(19)16-14-10-13(14)11-4-2-1-3-5-11/h11-14,18H,1-10H2,(H,16,19)/t13-,14-/m0/s1. The van der Waals surface area contributed by atoms with Crippen molar-refractivity contribution < 1.29 is 9.90 Å². The smallest absolute Gasteiger partial charge is 0.317 e. The molecule has 0 spiro atoms. The van der Waals surface area contributed by atoms with Gasteiger partial charge in [0.15, 0.2) is 0 Å². The summed E-state index contributed by atoms with van der Waals surface area (Å²) in [5, 5.41) is 12.2. The van der Waals surface area contributed by atoms with Crippen LogP contribution in [-0.4, -0.2) is 41.3 Å². The summed E-state index contributed by atoms with van der Waals surface area (Å²) in [6, 6.07) is 0.856. The molecule has 0 aliphatic heterocycles. The van der Waals surface area contributed by atoms with Gasteiger partial charge in [-0.1, -0.05) is 32.1 Å². The SMILES string of the molecule is O=C(N[C@H]1C[C@H]1C1CCCCC1)N(CCO)C1CC1. The monoisotopic (exact) mass is 266 g/mol. The zero-order valence-electron chi connectivity index (χ0n) is 11.7. The second-order valence-electron chi connectivity index (χ2n) is 6.50. The fraction of sp³-hybridized carbons (Fsp3) is 0.933. The number of carbonyl (C=O) groups is 1. The summed E-state index contributed by atoms with van der Waals surface area (Å²) in [6.07, 6.45) is 10.2. The summed E-state index contributed by atoms with van der Waals surface area (Å²) in [7, 11) is 0. The maximum atomic E-state index is 12.2. The summed E-state index contributed by atoms with van der Waals surface area (Å²) >= 11 is 0. The van der Waals surface area contributed by atoms with E-state index >= 15 is 0 Å². The van der Waals surface area contributed by atoms with E-state index in [9.17, 15) is 4.79 Å². The number of rotatable bonds is 5. The van der Waals surface area contributed by atoms with E-state index in [4.69, 9.17) is 5.11 Å². The van der Waals surface area contributed by atoms with E-state index in [1.54, 1.807) is 0 Å². The first kappa shape index (κ1) is 13.2. The van der Waals surface area contributed by atoms with Crippen LogP contribution in [0.1, 0.15) is 51.4 Å². The van der Waals surface area contributed by atoms with E-state index < -0.39 is 0 Å². The number of carbonyl (C=O) groups excluding carboxylic acids is 1. The minimum atomic E-state index is 0.0554. The van der Waals surface area contributed by atoms with E-state index in [1.807, 2.05) is 4.90 Å². The quantitative estimate of drug-likeness (QED) is 0.801. The molecule has 0 radical (unpaired) electrons. The summed E-state index contributed by atoms with van der Waals surface area (Å²) in [5.41, 5.74) is 0. The van der Waals surface area contributed by atoms with E-state index in [-0.39, 0.29) is 12.6 Å². The van der Waals surface area contributed by atoms with Gasteiger partial charge in [0.1, 0.15) is 0 Å². The van der Waals surface area contributed by atoms with Crippen LogP contribution >= 0.6 is 0 Å². The van der Waals surface area contributed by atoms with Crippen LogP contribution in [0.4, 0.5) is 4.79 Å². The Morgan fingerprint density at radius 1 is 1.16 bits per heavy atom. The first-order chi connectivity index (χ1) is 9.29. The molecular formula is C15H26N2O2. The Morgan fingerprint density at radius 3 is 2.53 bits per heavy atom. The third kappa shape index (κ3) is 3.22. The third-order valence-corrected chi connectivity index (χ3v) is 4.99. The van der Waals surface area contributed by atoms with Crippen molar-refractivity contribution in [3.63, 3.8) is 0 Å². The highest BCUT2D eigenvalue weighted by molar-refractivity contribution is 5.75. The molecule has 4 heteroatoms. The Labute approximate surface area is 115 Å². The van der Waals surface area contributed by atoms with Crippen molar-refractivity contribution in [2.75, 3.05) is 13.2 Å². The molecule has 2 amide bonds. The van der Waals surface area contributed by atoms with Gasteiger partial charge in [-0.15, -0.1) is 0 Å². The van der Waals surface area contributed by atoms with Crippen molar-refractivity contribution in [2.45, 2.75) is 63.5 Å². The van der Waals surface area contributed by atoms with Crippen LogP contribution in [0.5, 0.6) is 0 Å². The molecule has 19 heavy (non-hydrogen) atoms. The molecule has 108 valence electrons. The number of aliphatic hydroxyl groups excluding tert-OH is 1. The summed E-state index contributed by atoms with van der Waals surface area (Å²) < 4.78 is 0. The highest BCUT2D eigenvalue weighted by Gasteiger charge is 2.45.